The van der Waals surface area contributed by atoms with E-state index >= 15 is 0 Å². The van der Waals surface area contributed by atoms with Crippen LogP contribution >= 0.6 is 24.0 Å². The molecule has 26 heavy (non-hydrogen) atoms. The minimum absolute atomic E-state index is 0. The summed E-state index contributed by atoms with van der Waals surface area (Å²) in [4.78, 5) is 24.4. The van der Waals surface area contributed by atoms with Gasteiger partial charge >= 0.3 is 0 Å². The van der Waals surface area contributed by atoms with Crippen LogP contribution in [0.5, 0.6) is 5.75 Å². The van der Waals surface area contributed by atoms with Crippen LogP contribution in [0.2, 0.25) is 5.02 Å². The van der Waals surface area contributed by atoms with Gasteiger partial charge in [0.05, 0.1) is 18.7 Å². The number of carbonyl (C=O) groups is 2. The van der Waals surface area contributed by atoms with Crippen LogP contribution in [0.3, 0.4) is 0 Å². The third-order valence-electron chi connectivity index (χ3n) is 4.66. The first-order valence-electron chi connectivity index (χ1n) is 8.53. The van der Waals surface area contributed by atoms with Gasteiger partial charge in [0.25, 0.3) is 0 Å². The highest BCUT2D eigenvalue weighted by Crippen LogP contribution is 2.31. The number of hydrogen-bond acceptors (Lipinski definition) is 4. The third-order valence-corrected chi connectivity index (χ3v) is 4.89. The Labute approximate surface area is 165 Å². The Morgan fingerprint density at radius 2 is 2.12 bits per heavy atom. The number of nitrogens with two attached hydrogens (primary N) is 1. The van der Waals surface area contributed by atoms with Crippen molar-refractivity contribution in [2.45, 2.75) is 44.6 Å². The number of benzene rings is 1. The lowest BCUT2D eigenvalue weighted by atomic mass is 9.74. The van der Waals surface area contributed by atoms with E-state index in [4.69, 9.17) is 22.1 Å². The van der Waals surface area contributed by atoms with Crippen molar-refractivity contribution in [3.8, 4) is 5.75 Å². The van der Waals surface area contributed by atoms with Crippen molar-refractivity contribution in [1.82, 2.24) is 5.32 Å². The quantitative estimate of drug-likeness (QED) is 0.679. The minimum atomic E-state index is -0.473. The maximum Gasteiger partial charge on any atom is 0.226 e. The average Bonchev–Trinajstić information content (AvgIpc) is 2.54. The van der Waals surface area contributed by atoms with Crippen LogP contribution in [0.25, 0.3) is 0 Å². The Morgan fingerprint density at radius 1 is 1.38 bits per heavy atom. The van der Waals surface area contributed by atoms with Crippen molar-refractivity contribution >= 4 is 41.5 Å². The van der Waals surface area contributed by atoms with Gasteiger partial charge in [0, 0.05) is 23.5 Å². The number of amides is 2. The van der Waals surface area contributed by atoms with Crippen LogP contribution in [0, 0.1) is 5.92 Å². The molecule has 2 amide bonds. The molecule has 0 bridgehead atoms. The number of ether oxygens (including phenoxy) is 1. The lowest BCUT2D eigenvalue weighted by Gasteiger charge is -2.37. The number of anilines is 1. The summed E-state index contributed by atoms with van der Waals surface area (Å²) in [7, 11) is 1.52. The average molecular weight is 404 g/mol. The fraction of sp³-hybridized carbons (Fsp3) is 0.556. The van der Waals surface area contributed by atoms with E-state index in [9.17, 15) is 9.59 Å². The van der Waals surface area contributed by atoms with Crippen LogP contribution in [-0.4, -0.2) is 31.0 Å². The minimum Gasteiger partial charge on any atom is -0.495 e. The molecule has 0 saturated heterocycles. The van der Waals surface area contributed by atoms with E-state index in [-0.39, 0.29) is 43.1 Å². The molecule has 0 aromatic heterocycles. The standard InChI is InChI=1S/C18H26ClN3O3.ClH/c1-18(20)9-4-3-5-13(18)17(24)21-10-8-16(23)22-14-11-12(19)6-7-15(14)25-2;/h6-7,11,13H,3-5,8-10,20H2,1-2H3,(H,21,24)(H,22,23);1H. The molecule has 2 rings (SSSR count). The van der Waals surface area contributed by atoms with Crippen LogP contribution < -0.4 is 21.1 Å². The van der Waals surface area contributed by atoms with Crippen LogP contribution in [-0.2, 0) is 9.59 Å². The number of methoxy groups -OCH3 is 1. The summed E-state index contributed by atoms with van der Waals surface area (Å²) < 4.78 is 5.19. The molecule has 2 atom stereocenters. The fourth-order valence-corrected chi connectivity index (χ4v) is 3.37. The summed E-state index contributed by atoms with van der Waals surface area (Å²) in [5.41, 5.74) is 6.27. The third kappa shape index (κ3) is 6.04. The first-order valence-corrected chi connectivity index (χ1v) is 8.91. The van der Waals surface area contributed by atoms with Crippen molar-refractivity contribution in [2.75, 3.05) is 19.0 Å². The first-order chi connectivity index (χ1) is 11.8. The van der Waals surface area contributed by atoms with Crippen LogP contribution in [0.4, 0.5) is 5.69 Å². The van der Waals surface area contributed by atoms with Gasteiger partial charge in [0.15, 0.2) is 0 Å². The molecule has 4 N–H and O–H groups in total. The van der Waals surface area contributed by atoms with Crippen molar-refractivity contribution < 1.29 is 14.3 Å². The van der Waals surface area contributed by atoms with E-state index in [0.717, 1.165) is 25.7 Å². The topological polar surface area (TPSA) is 93.5 Å². The van der Waals surface area contributed by atoms with Crippen molar-refractivity contribution in [2.24, 2.45) is 11.7 Å². The summed E-state index contributed by atoms with van der Waals surface area (Å²) in [6.45, 7) is 2.19. The highest BCUT2D eigenvalue weighted by Gasteiger charge is 2.37. The lowest BCUT2D eigenvalue weighted by Crippen LogP contribution is -2.53. The van der Waals surface area contributed by atoms with Crippen molar-refractivity contribution in [3.63, 3.8) is 0 Å². The lowest BCUT2D eigenvalue weighted by molar-refractivity contribution is -0.128. The zero-order valence-electron chi connectivity index (χ0n) is 15.1. The zero-order valence-corrected chi connectivity index (χ0v) is 16.7. The highest BCUT2D eigenvalue weighted by molar-refractivity contribution is 6.31. The Balaban J connectivity index is 0.00000338. The van der Waals surface area contributed by atoms with Crippen molar-refractivity contribution in [1.29, 1.82) is 0 Å². The van der Waals surface area contributed by atoms with E-state index in [1.807, 2.05) is 6.92 Å². The predicted molar refractivity (Wildman–Crippen MR) is 106 cm³/mol. The monoisotopic (exact) mass is 403 g/mol. The molecule has 1 fully saturated rings. The Hall–Kier alpha value is -1.50. The van der Waals surface area contributed by atoms with Gasteiger partial charge in [-0.15, -0.1) is 12.4 Å². The number of hydrogen-bond donors (Lipinski definition) is 3. The highest BCUT2D eigenvalue weighted by atomic mass is 35.5. The molecule has 6 nitrogen and oxygen atoms in total. The maximum atomic E-state index is 12.3. The number of rotatable bonds is 6. The number of carbonyl (C=O) groups excluding carboxylic acids is 2. The molecule has 2 unspecified atom stereocenters. The second-order valence-corrected chi connectivity index (χ2v) is 7.17. The zero-order chi connectivity index (χ0) is 18.4. The Kier molecular flexibility index (Phi) is 8.67. The fourth-order valence-electron chi connectivity index (χ4n) is 3.20. The number of nitrogens with one attached hydrogen (secondary N) is 2. The SMILES string of the molecule is COc1ccc(Cl)cc1NC(=O)CCNC(=O)C1CCCCC1(C)N.Cl. The van der Waals surface area contributed by atoms with Crippen molar-refractivity contribution in [3.05, 3.63) is 23.2 Å². The molecule has 8 heteroatoms. The van der Waals surface area contributed by atoms with Crippen LogP contribution in [0.1, 0.15) is 39.0 Å². The van der Waals surface area contributed by atoms with Gasteiger partial charge in [-0.25, -0.2) is 0 Å². The molecule has 1 aliphatic carbocycles. The smallest absolute Gasteiger partial charge is 0.226 e. The van der Waals surface area contributed by atoms with Gasteiger partial charge in [-0.2, -0.15) is 0 Å². The van der Waals surface area contributed by atoms with Gasteiger partial charge in [-0.05, 0) is 38.0 Å². The summed E-state index contributed by atoms with van der Waals surface area (Å²) in [6, 6.07) is 4.99. The molecule has 1 aromatic rings. The van der Waals surface area contributed by atoms with E-state index in [1.165, 1.54) is 7.11 Å². The Bertz CT molecular complexity index is 638. The molecular weight excluding hydrogens is 377 g/mol. The van der Waals surface area contributed by atoms with Gasteiger partial charge in [0.1, 0.15) is 5.75 Å². The molecule has 1 aliphatic rings. The maximum absolute atomic E-state index is 12.3. The summed E-state index contributed by atoms with van der Waals surface area (Å²) in [6.07, 6.45) is 3.88. The van der Waals surface area contributed by atoms with E-state index in [1.54, 1.807) is 18.2 Å². The van der Waals surface area contributed by atoms with Crippen LogP contribution in [0.15, 0.2) is 18.2 Å². The van der Waals surface area contributed by atoms with Gasteiger partial charge < -0.3 is 21.1 Å². The summed E-state index contributed by atoms with van der Waals surface area (Å²) in [5.74, 6) is 0.0399. The predicted octanol–water partition coefficient (Wildman–Crippen LogP) is 3.12. The second-order valence-electron chi connectivity index (χ2n) is 6.74. The van der Waals surface area contributed by atoms with Gasteiger partial charge in [0.2, 0.25) is 11.8 Å². The van der Waals surface area contributed by atoms with Gasteiger partial charge in [-0.3, -0.25) is 9.59 Å². The van der Waals surface area contributed by atoms with E-state index in [0.29, 0.717) is 16.5 Å². The normalized spacial score (nSPS) is 22.1. The Morgan fingerprint density at radius 3 is 2.77 bits per heavy atom. The molecule has 146 valence electrons. The molecular formula is C18H27Cl2N3O3. The largest absolute Gasteiger partial charge is 0.495 e. The molecule has 1 saturated carbocycles. The van der Waals surface area contributed by atoms with E-state index < -0.39 is 5.54 Å². The van der Waals surface area contributed by atoms with E-state index in [2.05, 4.69) is 10.6 Å². The molecule has 0 radical (unpaired) electrons. The molecule has 0 heterocycles. The second kappa shape index (κ2) is 10.00. The first kappa shape index (κ1) is 22.5. The molecule has 0 spiro atoms. The molecule has 1 aromatic carbocycles. The number of halogens is 2. The molecule has 0 aliphatic heterocycles. The summed E-state index contributed by atoms with van der Waals surface area (Å²) >= 11 is 5.94. The summed E-state index contributed by atoms with van der Waals surface area (Å²) in [5, 5.41) is 6.08. The van der Waals surface area contributed by atoms with Gasteiger partial charge in [-0.1, -0.05) is 24.4 Å².